The summed E-state index contributed by atoms with van der Waals surface area (Å²) in [5, 5.41) is 0.777. The molecule has 0 radical (unpaired) electrons. The van der Waals surface area contributed by atoms with Crippen LogP contribution in [0.2, 0.25) is 0 Å². The highest BCUT2D eigenvalue weighted by atomic mass is 32.2. The molecule has 1 aromatic heterocycles. The molecule has 0 amide bonds. The van der Waals surface area contributed by atoms with Gasteiger partial charge >= 0.3 is 0 Å². The van der Waals surface area contributed by atoms with Gasteiger partial charge in [0.25, 0.3) is 5.56 Å². The van der Waals surface area contributed by atoms with Gasteiger partial charge in [0, 0.05) is 36.2 Å². The number of methoxy groups -OCH3 is 1. The number of nitrogens with zero attached hydrogens (tertiary/aromatic N) is 1. The second-order valence-electron chi connectivity index (χ2n) is 7.82. The van der Waals surface area contributed by atoms with Gasteiger partial charge in [-0.1, -0.05) is 17.7 Å². The van der Waals surface area contributed by atoms with Crippen molar-refractivity contribution in [2.75, 3.05) is 20.3 Å². The second-order valence-corrected chi connectivity index (χ2v) is 9.76. The lowest BCUT2D eigenvalue weighted by atomic mass is 10.1. The van der Waals surface area contributed by atoms with Gasteiger partial charge in [0.05, 0.1) is 18.1 Å². The Morgan fingerprint density at radius 2 is 1.94 bits per heavy atom. The number of rotatable bonds is 7. The van der Waals surface area contributed by atoms with Gasteiger partial charge in [-0.2, -0.15) is 4.31 Å². The van der Waals surface area contributed by atoms with E-state index >= 15 is 0 Å². The predicted molar refractivity (Wildman–Crippen MR) is 119 cm³/mol. The molecule has 1 fully saturated rings. The normalized spacial score (nSPS) is 16.8. The number of pyridine rings is 1. The lowest BCUT2D eigenvalue weighted by molar-refractivity contribution is 0.0925. The van der Waals surface area contributed by atoms with Crippen molar-refractivity contribution in [3.8, 4) is 5.75 Å². The van der Waals surface area contributed by atoms with Crippen molar-refractivity contribution < 1.29 is 17.9 Å². The van der Waals surface area contributed by atoms with Crippen LogP contribution in [-0.2, 0) is 21.3 Å². The molecule has 0 bridgehead atoms. The Kier molecular flexibility index (Phi) is 6.13. The number of aromatic nitrogens is 1. The van der Waals surface area contributed by atoms with Gasteiger partial charge in [0.2, 0.25) is 10.0 Å². The highest BCUT2D eigenvalue weighted by Gasteiger charge is 2.30. The number of fused-ring (bicyclic) bond motifs is 1. The van der Waals surface area contributed by atoms with E-state index in [2.05, 4.69) is 4.98 Å². The van der Waals surface area contributed by atoms with Crippen molar-refractivity contribution in [3.63, 3.8) is 0 Å². The van der Waals surface area contributed by atoms with Gasteiger partial charge in [0.15, 0.2) is 0 Å². The molecule has 7 nitrogen and oxygen atoms in total. The minimum absolute atomic E-state index is 0.0431. The molecule has 31 heavy (non-hydrogen) atoms. The number of benzene rings is 2. The summed E-state index contributed by atoms with van der Waals surface area (Å²) in [6.45, 7) is 2.69. The first-order chi connectivity index (χ1) is 14.9. The molecule has 164 valence electrons. The Balaban J connectivity index is 1.72. The van der Waals surface area contributed by atoms with Gasteiger partial charge in [-0.15, -0.1) is 0 Å². The number of sulfonamides is 1. The summed E-state index contributed by atoms with van der Waals surface area (Å²) in [7, 11) is -2.24. The van der Waals surface area contributed by atoms with Crippen LogP contribution in [0.25, 0.3) is 10.9 Å². The lowest BCUT2D eigenvalue weighted by Crippen LogP contribution is -2.38. The number of aromatic amines is 1. The summed E-state index contributed by atoms with van der Waals surface area (Å²) >= 11 is 0. The average molecular weight is 443 g/mol. The highest BCUT2D eigenvalue weighted by molar-refractivity contribution is 7.89. The molecular formula is C23H26N2O5S. The van der Waals surface area contributed by atoms with E-state index in [1.54, 1.807) is 49.6 Å². The van der Waals surface area contributed by atoms with E-state index in [9.17, 15) is 13.2 Å². The zero-order valence-corrected chi connectivity index (χ0v) is 18.4. The van der Waals surface area contributed by atoms with Gasteiger partial charge < -0.3 is 14.5 Å². The van der Waals surface area contributed by atoms with Gasteiger partial charge in [-0.25, -0.2) is 8.42 Å². The van der Waals surface area contributed by atoms with Gasteiger partial charge in [-0.3, -0.25) is 4.79 Å². The molecule has 0 unspecified atom stereocenters. The van der Waals surface area contributed by atoms with Crippen molar-refractivity contribution in [2.24, 2.45) is 0 Å². The van der Waals surface area contributed by atoms with Crippen LogP contribution < -0.4 is 10.3 Å². The monoisotopic (exact) mass is 442 g/mol. The average Bonchev–Trinajstić information content (AvgIpc) is 3.27. The number of hydrogen-bond donors (Lipinski definition) is 1. The standard InChI is InChI=1S/C23H26N2O5S/c1-16-5-8-21(9-6-16)31(27,28)25(15-20-4-3-11-30-20)14-18-12-17-13-19(29-2)7-10-22(17)24-23(18)26/h5-10,12-13,20H,3-4,11,14-15H2,1-2H3,(H,24,26)/t20-/m0/s1. The SMILES string of the molecule is COc1ccc2[nH]c(=O)c(CN(C[C@@H]3CCCO3)S(=O)(=O)c3ccc(C)cc3)cc2c1. The quantitative estimate of drug-likeness (QED) is 0.607. The zero-order chi connectivity index (χ0) is 22.0. The molecule has 0 saturated carbocycles. The fourth-order valence-corrected chi connectivity index (χ4v) is 5.24. The van der Waals surface area contributed by atoms with Crippen molar-refractivity contribution >= 4 is 20.9 Å². The van der Waals surface area contributed by atoms with Crippen LogP contribution in [0.1, 0.15) is 24.0 Å². The van der Waals surface area contributed by atoms with Crippen LogP contribution in [0.3, 0.4) is 0 Å². The Morgan fingerprint density at radius 1 is 1.16 bits per heavy atom. The fraction of sp³-hybridized carbons (Fsp3) is 0.348. The van der Waals surface area contributed by atoms with Crippen molar-refractivity contribution in [3.05, 3.63) is 70.0 Å². The molecule has 2 heterocycles. The molecule has 3 aromatic rings. The number of nitrogens with one attached hydrogen (secondary N) is 1. The van der Waals surface area contributed by atoms with E-state index in [1.807, 2.05) is 13.0 Å². The van der Waals surface area contributed by atoms with Crippen molar-refractivity contribution in [2.45, 2.75) is 37.3 Å². The highest BCUT2D eigenvalue weighted by Crippen LogP contribution is 2.24. The van der Waals surface area contributed by atoms with E-state index in [-0.39, 0.29) is 29.6 Å². The Morgan fingerprint density at radius 3 is 2.61 bits per heavy atom. The van der Waals surface area contributed by atoms with Crippen LogP contribution in [0, 0.1) is 6.92 Å². The summed E-state index contributed by atoms with van der Waals surface area (Å²) in [6.07, 6.45) is 1.52. The minimum atomic E-state index is -3.81. The summed E-state index contributed by atoms with van der Waals surface area (Å²) in [5.74, 6) is 0.661. The lowest BCUT2D eigenvalue weighted by Gasteiger charge is -2.25. The van der Waals surface area contributed by atoms with Gasteiger partial charge in [-0.05, 0) is 56.2 Å². The number of aryl methyl sites for hydroxylation is 1. The third kappa shape index (κ3) is 4.66. The molecule has 4 rings (SSSR count). The Bertz CT molecular complexity index is 1230. The number of H-pyrrole nitrogens is 1. The van der Waals surface area contributed by atoms with Crippen LogP contribution in [0.4, 0.5) is 0 Å². The first-order valence-electron chi connectivity index (χ1n) is 10.3. The van der Waals surface area contributed by atoms with E-state index in [1.165, 1.54) is 4.31 Å². The molecule has 8 heteroatoms. The fourth-order valence-electron chi connectivity index (χ4n) is 3.79. The third-order valence-electron chi connectivity index (χ3n) is 5.57. The number of ether oxygens (including phenoxy) is 2. The molecule has 1 aliphatic rings. The van der Waals surface area contributed by atoms with Crippen LogP contribution >= 0.6 is 0 Å². The molecule has 1 atom stereocenters. The topological polar surface area (TPSA) is 88.7 Å². The largest absolute Gasteiger partial charge is 0.497 e. The summed E-state index contributed by atoms with van der Waals surface area (Å²) in [4.78, 5) is 15.8. The molecule has 1 N–H and O–H groups in total. The van der Waals surface area contributed by atoms with Crippen LogP contribution in [-0.4, -0.2) is 44.1 Å². The van der Waals surface area contributed by atoms with Crippen LogP contribution in [0.15, 0.2) is 58.2 Å². The van der Waals surface area contributed by atoms with Crippen LogP contribution in [0.5, 0.6) is 5.75 Å². The van der Waals surface area contributed by atoms with E-state index in [0.29, 0.717) is 23.4 Å². The zero-order valence-electron chi connectivity index (χ0n) is 17.6. The minimum Gasteiger partial charge on any atom is -0.497 e. The first kappa shape index (κ1) is 21.5. The maximum atomic E-state index is 13.4. The van der Waals surface area contributed by atoms with Gasteiger partial charge in [0.1, 0.15) is 5.75 Å². The predicted octanol–water partition coefficient (Wildman–Crippen LogP) is 3.22. The summed E-state index contributed by atoms with van der Waals surface area (Å²) in [5.41, 5.74) is 1.70. The van der Waals surface area contributed by atoms with E-state index in [4.69, 9.17) is 9.47 Å². The number of hydrogen-bond acceptors (Lipinski definition) is 5. The van der Waals surface area contributed by atoms with E-state index < -0.39 is 10.0 Å². The van der Waals surface area contributed by atoms with Crippen molar-refractivity contribution in [1.29, 1.82) is 0 Å². The first-order valence-corrected chi connectivity index (χ1v) is 11.7. The summed E-state index contributed by atoms with van der Waals surface area (Å²) < 4.78 is 39.2. The molecular weight excluding hydrogens is 416 g/mol. The van der Waals surface area contributed by atoms with Crippen molar-refractivity contribution in [1.82, 2.24) is 9.29 Å². The second kappa shape index (κ2) is 8.82. The Hall–Kier alpha value is -2.68. The maximum absolute atomic E-state index is 13.4. The smallest absolute Gasteiger partial charge is 0.252 e. The van der Waals surface area contributed by atoms with E-state index in [0.717, 1.165) is 23.8 Å². The Labute approximate surface area is 181 Å². The molecule has 0 aliphatic carbocycles. The summed E-state index contributed by atoms with van der Waals surface area (Å²) in [6, 6.07) is 13.8. The third-order valence-corrected chi connectivity index (χ3v) is 7.39. The molecule has 1 saturated heterocycles. The molecule has 0 spiro atoms. The molecule has 1 aliphatic heterocycles. The molecule has 2 aromatic carbocycles. The maximum Gasteiger partial charge on any atom is 0.252 e.